The van der Waals surface area contributed by atoms with Crippen molar-refractivity contribution in [1.29, 1.82) is 0 Å². The van der Waals surface area contributed by atoms with Crippen LogP contribution in [0.4, 0.5) is 0 Å². The van der Waals surface area contributed by atoms with Crippen molar-refractivity contribution in [3.8, 4) is 83.8 Å². The summed E-state index contributed by atoms with van der Waals surface area (Å²) in [5.41, 5.74) is 25.6. The van der Waals surface area contributed by atoms with Gasteiger partial charge in [-0.3, -0.25) is 0 Å². The number of nitrogens with zero attached hydrogens (tertiary/aromatic N) is 3. The molecule has 0 aliphatic rings. The van der Waals surface area contributed by atoms with E-state index in [1.165, 1.54) is 246 Å². The lowest BCUT2D eigenvalue weighted by Gasteiger charge is -2.13. The van der Waals surface area contributed by atoms with Crippen molar-refractivity contribution in [3.05, 3.63) is 491 Å². The molecule has 0 fully saturated rings. The smallest absolute Gasteiger partial charge is 0.0547 e. The SMILES string of the molecule is c1ccc(-c2ccc(-n3c4ccccc4c4c(-c5ccc6c7ccccc7c7ccccc7c6c5)cccc43)cc2)cc1.c1ccc(-c2ccc(-n3c4ccccc4c4cc(-c5ccc6c7ccccc7c7ccccc7c6c5)ccc43)cc2)cc1.c1ccc(-c2cccc(-n3c4ccccc4c4cc(-c5ccc6c7ccccc7c7ccccc7c6c5)ccc43)c2)cc1. The van der Waals surface area contributed by atoms with Crippen LogP contribution in [-0.2, 0) is 0 Å². The van der Waals surface area contributed by atoms with Gasteiger partial charge in [-0.15, -0.1) is 0 Å². The van der Waals surface area contributed by atoms with E-state index in [9.17, 15) is 0 Å². The summed E-state index contributed by atoms with van der Waals surface area (Å²) in [6.45, 7) is 0. The van der Waals surface area contributed by atoms with Crippen LogP contribution in [0.3, 0.4) is 0 Å². The Morgan fingerprint density at radius 1 is 0.101 bits per heavy atom. The molecule has 27 rings (SSSR count). The molecule has 0 aliphatic carbocycles. The van der Waals surface area contributed by atoms with Crippen molar-refractivity contribution >= 4 is 162 Å². The van der Waals surface area contributed by atoms with Crippen LogP contribution in [0.25, 0.3) is 246 Å². The van der Waals surface area contributed by atoms with E-state index in [0.717, 1.165) is 0 Å². The third-order valence-corrected chi connectivity index (χ3v) is 26.9. The van der Waals surface area contributed by atoms with Crippen LogP contribution in [0, 0.1) is 0 Å². The third-order valence-electron chi connectivity index (χ3n) is 26.9. The van der Waals surface area contributed by atoms with Gasteiger partial charge in [0.2, 0.25) is 0 Å². The molecule has 0 spiro atoms. The van der Waals surface area contributed by atoms with Crippen molar-refractivity contribution in [1.82, 2.24) is 13.7 Å². The highest BCUT2D eigenvalue weighted by Crippen LogP contribution is 2.47. The zero-order valence-electron chi connectivity index (χ0n) is 70.6. The number of hydrogen-bond donors (Lipinski definition) is 0. The van der Waals surface area contributed by atoms with Crippen LogP contribution < -0.4 is 0 Å². The van der Waals surface area contributed by atoms with Crippen LogP contribution in [0.1, 0.15) is 0 Å². The van der Waals surface area contributed by atoms with Gasteiger partial charge in [0, 0.05) is 49.4 Å². The standard InChI is InChI=1S/3C42H27N/c1-2-11-28(12-3-1)29-13-10-14-32(25-29)43-41-20-9-8-19-38(41)40-27-31(22-24-42(40)43)30-21-23-37-35-17-5-4-15-33(35)34-16-6-7-18-36(34)39(37)26-30;1-2-11-28(12-3-1)29-21-24-31(25-22-29)43-40-19-9-8-17-38(40)42-32(18-10-20-41(42)43)30-23-26-37-35-15-5-4-13-33(35)34-14-6-7-16-36(34)39(37)27-30;1-2-10-28(11-3-1)29-18-22-32(23-19-29)43-41-17-9-8-16-38(41)40-27-31(21-25-42(40)43)30-20-24-37-35-14-5-4-12-33(35)34-13-6-7-15-36(34)39(37)26-30/h3*1-27H. The van der Waals surface area contributed by atoms with Crippen LogP contribution in [0.5, 0.6) is 0 Å². The minimum Gasteiger partial charge on any atom is -0.309 e. The molecule has 0 saturated heterocycles. The minimum atomic E-state index is 1.17. The highest BCUT2D eigenvalue weighted by Gasteiger charge is 2.22. The summed E-state index contributed by atoms with van der Waals surface area (Å²) in [6.07, 6.45) is 0. The molecule has 0 amide bonds. The zero-order valence-corrected chi connectivity index (χ0v) is 70.6. The first-order chi connectivity index (χ1) is 64.0. The molecular weight excluding hydrogens is 1560 g/mol. The second-order valence-electron chi connectivity index (χ2n) is 34.0. The number of aromatic nitrogens is 3. The van der Waals surface area contributed by atoms with Gasteiger partial charge < -0.3 is 13.7 Å². The monoisotopic (exact) mass is 1640 g/mol. The van der Waals surface area contributed by atoms with E-state index < -0.39 is 0 Å². The Bertz CT molecular complexity index is 9050. The van der Waals surface area contributed by atoms with Gasteiger partial charge >= 0.3 is 0 Å². The molecule has 0 N–H and O–H groups in total. The quantitative estimate of drug-likeness (QED) is 0.128. The molecule has 129 heavy (non-hydrogen) atoms. The number of hydrogen-bond acceptors (Lipinski definition) is 0. The normalized spacial score (nSPS) is 11.7. The van der Waals surface area contributed by atoms with Gasteiger partial charge in [-0.1, -0.05) is 388 Å². The maximum atomic E-state index is 2.41. The van der Waals surface area contributed by atoms with E-state index in [4.69, 9.17) is 0 Å². The Kier molecular flexibility index (Phi) is 18.0. The molecular formula is C126H81N3. The van der Waals surface area contributed by atoms with Gasteiger partial charge in [0.25, 0.3) is 0 Å². The predicted octanol–water partition coefficient (Wildman–Crippen LogP) is 34.7. The predicted molar refractivity (Wildman–Crippen MR) is 553 cm³/mol. The minimum absolute atomic E-state index is 1.17. The lowest BCUT2D eigenvalue weighted by atomic mass is 9.91. The number of rotatable bonds is 9. The van der Waals surface area contributed by atoms with E-state index in [1.54, 1.807) is 0 Å². The molecule has 27 aromatic rings. The summed E-state index contributed by atoms with van der Waals surface area (Å²) in [7, 11) is 0. The fourth-order valence-electron chi connectivity index (χ4n) is 21.0. The molecule has 3 heterocycles. The summed E-state index contributed by atoms with van der Waals surface area (Å²) in [5, 5.41) is 31.1. The van der Waals surface area contributed by atoms with Gasteiger partial charge in [0.15, 0.2) is 0 Å². The molecule has 3 heteroatoms. The Morgan fingerprint density at radius 2 is 0.326 bits per heavy atom. The molecule has 24 aromatic carbocycles. The van der Waals surface area contributed by atoms with Gasteiger partial charge in [-0.05, 0) is 267 Å². The van der Waals surface area contributed by atoms with Crippen LogP contribution in [0.2, 0.25) is 0 Å². The first kappa shape index (κ1) is 74.6. The Morgan fingerprint density at radius 3 is 0.713 bits per heavy atom. The molecule has 3 nitrogen and oxygen atoms in total. The van der Waals surface area contributed by atoms with Gasteiger partial charge in [0.1, 0.15) is 0 Å². The third kappa shape index (κ3) is 12.6. The first-order valence-electron chi connectivity index (χ1n) is 44.6. The molecule has 0 saturated carbocycles. The van der Waals surface area contributed by atoms with E-state index in [1.807, 2.05) is 0 Å². The van der Waals surface area contributed by atoms with Gasteiger partial charge in [-0.25, -0.2) is 0 Å². The number of fused-ring (bicyclic) bond motifs is 27. The average Bonchev–Trinajstić information content (AvgIpc) is 1.55. The zero-order chi connectivity index (χ0) is 85.0. The molecule has 3 aromatic heterocycles. The second-order valence-corrected chi connectivity index (χ2v) is 34.0. The largest absolute Gasteiger partial charge is 0.309 e. The lowest BCUT2D eigenvalue weighted by molar-refractivity contribution is 1.18. The summed E-state index contributed by atoms with van der Waals surface area (Å²) in [6, 6.07) is 179. The topological polar surface area (TPSA) is 14.8 Å². The average molecular weight is 1640 g/mol. The summed E-state index contributed by atoms with van der Waals surface area (Å²) >= 11 is 0. The summed E-state index contributed by atoms with van der Waals surface area (Å²) in [4.78, 5) is 0. The summed E-state index contributed by atoms with van der Waals surface area (Å²) < 4.78 is 7.21. The van der Waals surface area contributed by atoms with E-state index in [0.29, 0.717) is 0 Å². The maximum Gasteiger partial charge on any atom is 0.0547 e. The Labute approximate surface area is 746 Å². The van der Waals surface area contributed by atoms with E-state index in [-0.39, 0.29) is 0 Å². The molecule has 0 radical (unpaired) electrons. The number of para-hydroxylation sites is 3. The Hall–Kier alpha value is -17.0. The Balaban J connectivity index is 0.000000105. The van der Waals surface area contributed by atoms with Crippen LogP contribution in [0.15, 0.2) is 491 Å². The van der Waals surface area contributed by atoms with Gasteiger partial charge in [-0.2, -0.15) is 0 Å². The van der Waals surface area contributed by atoms with Crippen molar-refractivity contribution in [3.63, 3.8) is 0 Å². The summed E-state index contributed by atoms with van der Waals surface area (Å²) in [5.74, 6) is 0. The second kappa shape index (κ2) is 31.1. The highest BCUT2D eigenvalue weighted by atomic mass is 15.0. The molecule has 0 aliphatic heterocycles. The highest BCUT2D eigenvalue weighted by molar-refractivity contribution is 6.29. The fourth-order valence-corrected chi connectivity index (χ4v) is 21.0. The van der Waals surface area contributed by atoms with Gasteiger partial charge in [0.05, 0.1) is 33.1 Å². The first-order valence-corrected chi connectivity index (χ1v) is 44.6. The van der Waals surface area contributed by atoms with E-state index in [2.05, 4.69) is 505 Å². The van der Waals surface area contributed by atoms with Crippen LogP contribution >= 0.6 is 0 Å². The van der Waals surface area contributed by atoms with Crippen molar-refractivity contribution < 1.29 is 0 Å². The molecule has 0 bridgehead atoms. The molecule has 600 valence electrons. The van der Waals surface area contributed by atoms with E-state index >= 15 is 0 Å². The van der Waals surface area contributed by atoms with Crippen molar-refractivity contribution in [2.45, 2.75) is 0 Å². The maximum absolute atomic E-state index is 2.41. The number of benzene rings is 24. The molecule has 0 unspecified atom stereocenters. The van der Waals surface area contributed by atoms with Crippen molar-refractivity contribution in [2.24, 2.45) is 0 Å². The molecule has 0 atom stereocenters. The lowest BCUT2D eigenvalue weighted by Crippen LogP contribution is -1.94. The van der Waals surface area contributed by atoms with Crippen LogP contribution in [-0.4, -0.2) is 13.7 Å². The fraction of sp³-hybridized carbons (Fsp3) is 0. The van der Waals surface area contributed by atoms with Crippen molar-refractivity contribution in [2.75, 3.05) is 0 Å².